The molecule has 0 aliphatic carbocycles. The first-order chi connectivity index (χ1) is 15.1. The lowest BCUT2D eigenvalue weighted by atomic mass is 9.99. The molecule has 31 heavy (non-hydrogen) atoms. The molecule has 0 spiro atoms. The van der Waals surface area contributed by atoms with E-state index in [1.165, 1.54) is 5.56 Å². The molecule has 0 aliphatic heterocycles. The Kier molecular flexibility index (Phi) is 7.76. The SMILES string of the molecule is CCC(C)c1ccc(NC(=NCc2ccncc2)NC(=O)c2cccc(OC)c2)cc1. The number of amides is 1. The third kappa shape index (κ3) is 6.40. The van der Waals surface area contributed by atoms with Gasteiger partial charge >= 0.3 is 0 Å². The maximum Gasteiger partial charge on any atom is 0.258 e. The molecular weight excluding hydrogens is 388 g/mol. The second kappa shape index (κ2) is 10.9. The number of pyridine rings is 1. The maximum absolute atomic E-state index is 12.8. The second-order valence-corrected chi connectivity index (χ2v) is 7.26. The molecule has 0 aliphatic rings. The molecular formula is C25H28N4O2. The molecule has 3 aromatic rings. The van der Waals surface area contributed by atoms with Crippen molar-refractivity contribution in [3.63, 3.8) is 0 Å². The van der Waals surface area contributed by atoms with Gasteiger partial charge < -0.3 is 10.1 Å². The van der Waals surface area contributed by atoms with Crippen molar-refractivity contribution in [3.05, 3.63) is 89.7 Å². The summed E-state index contributed by atoms with van der Waals surface area (Å²) in [5.74, 6) is 1.23. The molecule has 0 saturated carbocycles. The normalized spacial score (nSPS) is 12.2. The molecule has 0 bridgehead atoms. The molecule has 6 nitrogen and oxygen atoms in total. The fourth-order valence-corrected chi connectivity index (χ4v) is 2.98. The van der Waals surface area contributed by atoms with Crippen molar-refractivity contribution in [2.75, 3.05) is 12.4 Å². The summed E-state index contributed by atoms with van der Waals surface area (Å²) in [7, 11) is 1.57. The van der Waals surface area contributed by atoms with E-state index in [0.29, 0.717) is 29.7 Å². The fourth-order valence-electron chi connectivity index (χ4n) is 2.98. The third-order valence-corrected chi connectivity index (χ3v) is 5.09. The van der Waals surface area contributed by atoms with Crippen molar-refractivity contribution >= 4 is 17.6 Å². The van der Waals surface area contributed by atoms with Crippen LogP contribution < -0.4 is 15.4 Å². The van der Waals surface area contributed by atoms with Gasteiger partial charge in [-0.25, -0.2) is 4.99 Å². The zero-order valence-electron chi connectivity index (χ0n) is 18.1. The molecule has 6 heteroatoms. The van der Waals surface area contributed by atoms with Gasteiger partial charge in [0.25, 0.3) is 5.91 Å². The molecule has 3 rings (SSSR count). The van der Waals surface area contributed by atoms with E-state index in [2.05, 4.69) is 46.6 Å². The smallest absolute Gasteiger partial charge is 0.258 e. The zero-order chi connectivity index (χ0) is 22.1. The number of benzene rings is 2. The van der Waals surface area contributed by atoms with Crippen LogP contribution in [0, 0.1) is 0 Å². The minimum absolute atomic E-state index is 0.267. The topological polar surface area (TPSA) is 75.6 Å². The van der Waals surface area contributed by atoms with Gasteiger partial charge in [0.15, 0.2) is 0 Å². The van der Waals surface area contributed by atoms with Crippen LogP contribution in [0.15, 0.2) is 78.0 Å². The number of nitrogens with one attached hydrogen (secondary N) is 2. The molecule has 1 heterocycles. The Morgan fingerprint density at radius 3 is 2.52 bits per heavy atom. The van der Waals surface area contributed by atoms with Crippen molar-refractivity contribution in [1.82, 2.24) is 10.3 Å². The summed E-state index contributed by atoms with van der Waals surface area (Å²) in [6, 6.07) is 19.0. The van der Waals surface area contributed by atoms with E-state index in [9.17, 15) is 4.79 Å². The van der Waals surface area contributed by atoms with Crippen LogP contribution in [-0.2, 0) is 6.54 Å². The highest BCUT2D eigenvalue weighted by molar-refractivity contribution is 6.10. The van der Waals surface area contributed by atoms with Crippen LogP contribution in [0.1, 0.15) is 47.7 Å². The van der Waals surface area contributed by atoms with Crippen LogP contribution in [0.5, 0.6) is 5.75 Å². The molecule has 2 aromatic carbocycles. The summed E-state index contributed by atoms with van der Waals surface area (Å²) in [6.45, 7) is 4.79. The predicted molar refractivity (Wildman–Crippen MR) is 125 cm³/mol. The summed E-state index contributed by atoms with van der Waals surface area (Å²) < 4.78 is 5.22. The Morgan fingerprint density at radius 2 is 1.84 bits per heavy atom. The Morgan fingerprint density at radius 1 is 1.10 bits per heavy atom. The summed E-state index contributed by atoms with van der Waals surface area (Å²) in [5, 5.41) is 6.11. The lowest BCUT2D eigenvalue weighted by Gasteiger charge is -2.14. The number of methoxy groups -OCH3 is 1. The first-order valence-electron chi connectivity index (χ1n) is 10.3. The van der Waals surface area contributed by atoms with E-state index < -0.39 is 0 Å². The number of hydrogen-bond acceptors (Lipinski definition) is 4. The highest BCUT2D eigenvalue weighted by atomic mass is 16.5. The molecule has 0 saturated heterocycles. The minimum Gasteiger partial charge on any atom is -0.497 e. The first-order valence-corrected chi connectivity index (χ1v) is 10.3. The quantitative estimate of drug-likeness (QED) is 0.420. The van der Waals surface area contributed by atoms with E-state index in [1.807, 2.05) is 24.3 Å². The number of anilines is 1. The van der Waals surface area contributed by atoms with Gasteiger partial charge in [0.05, 0.1) is 13.7 Å². The lowest BCUT2D eigenvalue weighted by molar-refractivity contribution is 0.0976. The molecule has 0 fully saturated rings. The molecule has 1 unspecified atom stereocenters. The first kappa shape index (κ1) is 22.0. The van der Waals surface area contributed by atoms with E-state index in [1.54, 1.807) is 43.8 Å². The largest absolute Gasteiger partial charge is 0.497 e. The summed E-state index contributed by atoms with van der Waals surface area (Å²) in [4.78, 5) is 21.4. The number of aliphatic imine (C=N–C) groups is 1. The van der Waals surface area contributed by atoms with Gasteiger partial charge in [-0.3, -0.25) is 15.1 Å². The lowest BCUT2D eigenvalue weighted by Crippen LogP contribution is -2.36. The van der Waals surface area contributed by atoms with Gasteiger partial charge in [0.1, 0.15) is 5.75 Å². The Balaban J connectivity index is 1.79. The Labute approximate surface area is 183 Å². The Hall–Kier alpha value is -3.67. The van der Waals surface area contributed by atoms with Crippen LogP contribution in [0.25, 0.3) is 0 Å². The monoisotopic (exact) mass is 416 g/mol. The average molecular weight is 417 g/mol. The Bertz CT molecular complexity index is 1020. The second-order valence-electron chi connectivity index (χ2n) is 7.26. The molecule has 1 amide bonds. The molecule has 1 atom stereocenters. The van der Waals surface area contributed by atoms with Crippen molar-refractivity contribution in [2.24, 2.45) is 4.99 Å². The highest BCUT2D eigenvalue weighted by Crippen LogP contribution is 2.20. The van der Waals surface area contributed by atoms with Crippen molar-refractivity contribution in [3.8, 4) is 5.75 Å². The van der Waals surface area contributed by atoms with Crippen LogP contribution in [0.4, 0.5) is 5.69 Å². The van der Waals surface area contributed by atoms with E-state index in [0.717, 1.165) is 17.7 Å². The number of nitrogens with zero attached hydrogens (tertiary/aromatic N) is 2. The standard InChI is InChI=1S/C25H28N4O2/c1-4-18(2)20-8-10-22(11-9-20)28-25(27-17-19-12-14-26-15-13-19)29-24(30)21-6-5-7-23(16-21)31-3/h5-16,18H,4,17H2,1-3H3,(H2,27,28,29,30). The van der Waals surface area contributed by atoms with Gasteiger partial charge in [-0.05, 0) is 65.9 Å². The summed E-state index contributed by atoms with van der Waals surface area (Å²) in [5.41, 5.74) is 3.62. The number of guanidine groups is 1. The third-order valence-electron chi connectivity index (χ3n) is 5.09. The number of rotatable bonds is 7. The minimum atomic E-state index is -0.267. The molecule has 2 N–H and O–H groups in total. The number of aromatic nitrogens is 1. The van der Waals surface area contributed by atoms with E-state index >= 15 is 0 Å². The number of hydrogen-bond donors (Lipinski definition) is 2. The van der Waals surface area contributed by atoms with Crippen molar-refractivity contribution in [1.29, 1.82) is 0 Å². The van der Waals surface area contributed by atoms with Crippen molar-refractivity contribution < 1.29 is 9.53 Å². The summed E-state index contributed by atoms with van der Waals surface area (Å²) in [6.07, 6.45) is 4.53. The molecule has 0 radical (unpaired) electrons. The highest BCUT2D eigenvalue weighted by Gasteiger charge is 2.11. The van der Waals surface area contributed by atoms with Crippen LogP contribution >= 0.6 is 0 Å². The van der Waals surface area contributed by atoms with Gasteiger partial charge in [-0.15, -0.1) is 0 Å². The van der Waals surface area contributed by atoms with E-state index in [-0.39, 0.29) is 5.91 Å². The maximum atomic E-state index is 12.8. The van der Waals surface area contributed by atoms with Crippen LogP contribution in [0.3, 0.4) is 0 Å². The fraction of sp³-hybridized carbons (Fsp3) is 0.240. The van der Waals surface area contributed by atoms with Crippen molar-refractivity contribution in [2.45, 2.75) is 32.7 Å². The van der Waals surface area contributed by atoms with Gasteiger partial charge in [-0.1, -0.05) is 32.0 Å². The van der Waals surface area contributed by atoms with Crippen LogP contribution in [-0.4, -0.2) is 24.0 Å². The number of carbonyl (C=O) groups is 1. The molecule has 1 aromatic heterocycles. The van der Waals surface area contributed by atoms with Gasteiger partial charge in [0.2, 0.25) is 5.96 Å². The summed E-state index contributed by atoms with van der Waals surface area (Å²) >= 11 is 0. The van der Waals surface area contributed by atoms with Gasteiger partial charge in [-0.2, -0.15) is 0 Å². The molecule has 160 valence electrons. The van der Waals surface area contributed by atoms with E-state index in [4.69, 9.17) is 4.74 Å². The van der Waals surface area contributed by atoms with Gasteiger partial charge in [0, 0.05) is 23.6 Å². The number of ether oxygens (including phenoxy) is 1. The number of carbonyl (C=O) groups excluding carboxylic acids is 1. The van der Waals surface area contributed by atoms with Crippen LogP contribution in [0.2, 0.25) is 0 Å². The predicted octanol–water partition coefficient (Wildman–Crippen LogP) is 5.00. The average Bonchev–Trinajstić information content (AvgIpc) is 2.83. The zero-order valence-corrected chi connectivity index (χ0v) is 18.1.